The highest BCUT2D eigenvalue weighted by atomic mass is 16.5. The van der Waals surface area contributed by atoms with Crippen LogP contribution in [0.25, 0.3) is 5.69 Å². The van der Waals surface area contributed by atoms with Gasteiger partial charge in [0.2, 0.25) is 0 Å². The normalized spacial score (nSPS) is 13.3. The standard InChI is InChI=1S/C16H20N6O4/c1-26-13-7-6-11(18-16(25)17-8-2-3-14(23)24)9-12(13)22-15(10-4-5-10)19-20-21-22/h6-7,9-10H,2-5,8H2,1H3,(H,23,24)(H2,17,18,25). The van der Waals surface area contributed by atoms with Crippen molar-refractivity contribution in [1.29, 1.82) is 0 Å². The molecule has 1 aromatic heterocycles. The summed E-state index contributed by atoms with van der Waals surface area (Å²) in [4.78, 5) is 22.4. The van der Waals surface area contributed by atoms with E-state index in [9.17, 15) is 9.59 Å². The van der Waals surface area contributed by atoms with Crippen LogP contribution >= 0.6 is 0 Å². The van der Waals surface area contributed by atoms with Gasteiger partial charge in [0.15, 0.2) is 5.82 Å². The van der Waals surface area contributed by atoms with Gasteiger partial charge in [0, 0.05) is 24.6 Å². The van der Waals surface area contributed by atoms with Gasteiger partial charge < -0.3 is 20.5 Å². The maximum Gasteiger partial charge on any atom is 0.319 e. The van der Waals surface area contributed by atoms with E-state index in [1.807, 2.05) is 0 Å². The van der Waals surface area contributed by atoms with E-state index in [2.05, 4.69) is 26.2 Å². The number of carboxylic acids is 1. The highest BCUT2D eigenvalue weighted by Crippen LogP contribution is 2.40. The fourth-order valence-corrected chi connectivity index (χ4v) is 2.51. The van der Waals surface area contributed by atoms with Gasteiger partial charge in [-0.3, -0.25) is 4.79 Å². The Morgan fingerprint density at radius 2 is 2.19 bits per heavy atom. The quantitative estimate of drug-likeness (QED) is 0.608. The number of aliphatic carboxylic acids is 1. The molecule has 10 nitrogen and oxygen atoms in total. The van der Waals surface area contributed by atoms with Crippen LogP contribution in [0.3, 0.4) is 0 Å². The molecule has 1 aromatic carbocycles. The number of nitrogens with zero attached hydrogens (tertiary/aromatic N) is 4. The van der Waals surface area contributed by atoms with E-state index in [1.165, 1.54) is 0 Å². The number of hydrogen-bond acceptors (Lipinski definition) is 6. The van der Waals surface area contributed by atoms with Crippen LogP contribution in [-0.4, -0.2) is 51.0 Å². The molecule has 1 fully saturated rings. The molecule has 0 aliphatic heterocycles. The molecule has 1 aliphatic carbocycles. The number of hydrogen-bond donors (Lipinski definition) is 3. The lowest BCUT2D eigenvalue weighted by atomic mass is 10.2. The lowest BCUT2D eigenvalue weighted by molar-refractivity contribution is -0.137. The average molecular weight is 360 g/mol. The van der Waals surface area contributed by atoms with E-state index in [1.54, 1.807) is 30.0 Å². The van der Waals surface area contributed by atoms with E-state index < -0.39 is 12.0 Å². The van der Waals surface area contributed by atoms with Gasteiger partial charge in [-0.25, -0.2) is 4.79 Å². The minimum absolute atomic E-state index is 0.0101. The number of aromatic nitrogens is 4. The Hall–Kier alpha value is -3.17. The van der Waals surface area contributed by atoms with Crippen LogP contribution < -0.4 is 15.4 Å². The number of rotatable bonds is 8. The summed E-state index contributed by atoms with van der Waals surface area (Å²) in [6.45, 7) is 0.278. The molecule has 1 aliphatic rings. The van der Waals surface area contributed by atoms with E-state index in [0.717, 1.165) is 18.7 Å². The summed E-state index contributed by atoms with van der Waals surface area (Å²) in [5.41, 5.74) is 1.19. The molecule has 0 atom stereocenters. The van der Waals surface area contributed by atoms with Crippen LogP contribution in [0.2, 0.25) is 0 Å². The second kappa shape index (κ2) is 7.81. The number of carboxylic acid groups (broad SMARTS) is 1. The van der Waals surface area contributed by atoms with Crippen LogP contribution in [0, 0.1) is 0 Å². The number of anilines is 1. The zero-order chi connectivity index (χ0) is 18.5. The van der Waals surface area contributed by atoms with Crippen molar-refractivity contribution in [2.24, 2.45) is 0 Å². The van der Waals surface area contributed by atoms with Gasteiger partial charge >= 0.3 is 12.0 Å². The molecule has 2 amide bonds. The molecule has 26 heavy (non-hydrogen) atoms. The third-order valence-corrected chi connectivity index (χ3v) is 3.95. The van der Waals surface area contributed by atoms with E-state index in [-0.39, 0.29) is 13.0 Å². The maximum atomic E-state index is 11.9. The van der Waals surface area contributed by atoms with Gasteiger partial charge in [-0.05, 0) is 47.9 Å². The predicted molar refractivity (Wildman–Crippen MR) is 91.6 cm³/mol. The number of ether oxygens (including phenoxy) is 1. The lowest BCUT2D eigenvalue weighted by Crippen LogP contribution is -2.29. The molecule has 138 valence electrons. The molecule has 1 saturated carbocycles. The molecule has 3 N–H and O–H groups in total. The smallest absolute Gasteiger partial charge is 0.319 e. The van der Waals surface area contributed by atoms with Gasteiger partial charge in [-0.1, -0.05) is 0 Å². The average Bonchev–Trinajstić information content (AvgIpc) is 3.35. The fraction of sp³-hybridized carbons (Fsp3) is 0.438. The Bertz CT molecular complexity index is 802. The number of carbonyl (C=O) groups excluding carboxylic acids is 1. The van der Waals surface area contributed by atoms with Crippen molar-refractivity contribution in [3.05, 3.63) is 24.0 Å². The Kier molecular flexibility index (Phi) is 5.30. The van der Waals surface area contributed by atoms with Crippen molar-refractivity contribution in [1.82, 2.24) is 25.5 Å². The van der Waals surface area contributed by atoms with Crippen molar-refractivity contribution in [2.75, 3.05) is 19.0 Å². The molecule has 0 bridgehead atoms. The van der Waals surface area contributed by atoms with Gasteiger partial charge in [0.05, 0.1) is 7.11 Å². The van der Waals surface area contributed by atoms with E-state index in [4.69, 9.17) is 9.84 Å². The number of urea groups is 1. The molecule has 0 radical (unpaired) electrons. The van der Waals surface area contributed by atoms with Crippen molar-refractivity contribution in [3.8, 4) is 11.4 Å². The molecule has 0 saturated heterocycles. The van der Waals surface area contributed by atoms with Crippen LogP contribution in [0.5, 0.6) is 5.75 Å². The second-order valence-corrected chi connectivity index (χ2v) is 5.99. The molecule has 10 heteroatoms. The summed E-state index contributed by atoms with van der Waals surface area (Å²) in [6.07, 6.45) is 2.49. The number of tetrazole rings is 1. The third kappa shape index (κ3) is 4.26. The highest BCUT2D eigenvalue weighted by molar-refractivity contribution is 5.89. The van der Waals surface area contributed by atoms with E-state index >= 15 is 0 Å². The Morgan fingerprint density at radius 3 is 2.88 bits per heavy atom. The summed E-state index contributed by atoms with van der Waals surface area (Å²) in [5, 5.41) is 25.8. The Morgan fingerprint density at radius 1 is 1.38 bits per heavy atom. The lowest BCUT2D eigenvalue weighted by Gasteiger charge is -2.13. The first-order valence-corrected chi connectivity index (χ1v) is 8.32. The Labute approximate surface area is 149 Å². The molecular formula is C16H20N6O4. The number of amides is 2. The third-order valence-electron chi connectivity index (χ3n) is 3.95. The topological polar surface area (TPSA) is 131 Å². The highest BCUT2D eigenvalue weighted by Gasteiger charge is 2.30. The summed E-state index contributed by atoms with van der Waals surface area (Å²) in [6, 6.07) is 4.76. The van der Waals surface area contributed by atoms with Gasteiger partial charge in [-0.2, -0.15) is 4.68 Å². The van der Waals surface area contributed by atoms with Crippen LogP contribution in [-0.2, 0) is 4.79 Å². The summed E-state index contributed by atoms with van der Waals surface area (Å²) < 4.78 is 7.02. The first-order valence-electron chi connectivity index (χ1n) is 8.32. The van der Waals surface area contributed by atoms with Crippen molar-refractivity contribution < 1.29 is 19.4 Å². The summed E-state index contributed by atoms with van der Waals surface area (Å²) >= 11 is 0. The van der Waals surface area contributed by atoms with Crippen LogP contribution in [0.15, 0.2) is 18.2 Å². The fourth-order valence-electron chi connectivity index (χ4n) is 2.51. The molecule has 0 unspecified atom stereocenters. The maximum absolute atomic E-state index is 11.9. The van der Waals surface area contributed by atoms with Gasteiger partial charge in [-0.15, -0.1) is 5.10 Å². The van der Waals surface area contributed by atoms with Crippen molar-refractivity contribution in [2.45, 2.75) is 31.6 Å². The molecule has 0 spiro atoms. The number of nitrogens with one attached hydrogen (secondary N) is 2. The molecule has 3 rings (SSSR count). The van der Waals surface area contributed by atoms with Gasteiger partial charge in [0.1, 0.15) is 11.4 Å². The number of carbonyl (C=O) groups is 2. The minimum atomic E-state index is -0.889. The van der Waals surface area contributed by atoms with Crippen LogP contribution in [0.1, 0.15) is 37.4 Å². The van der Waals surface area contributed by atoms with Gasteiger partial charge in [0.25, 0.3) is 0 Å². The zero-order valence-electron chi connectivity index (χ0n) is 14.3. The zero-order valence-corrected chi connectivity index (χ0v) is 14.3. The minimum Gasteiger partial charge on any atom is -0.494 e. The van der Waals surface area contributed by atoms with Crippen molar-refractivity contribution in [3.63, 3.8) is 0 Å². The van der Waals surface area contributed by atoms with Crippen molar-refractivity contribution >= 4 is 17.7 Å². The molecule has 1 heterocycles. The van der Waals surface area contributed by atoms with E-state index in [0.29, 0.717) is 29.5 Å². The number of methoxy groups -OCH3 is 1. The first-order chi connectivity index (χ1) is 12.6. The Balaban J connectivity index is 1.70. The SMILES string of the molecule is COc1ccc(NC(=O)NCCCC(=O)O)cc1-n1nnnc1C1CC1. The monoisotopic (exact) mass is 360 g/mol. The largest absolute Gasteiger partial charge is 0.494 e. The number of benzene rings is 1. The molecular weight excluding hydrogens is 340 g/mol. The predicted octanol–water partition coefficient (Wildman–Crippen LogP) is 1.53. The summed E-state index contributed by atoms with van der Waals surface area (Å²) in [5.74, 6) is 0.828. The van der Waals surface area contributed by atoms with Crippen LogP contribution in [0.4, 0.5) is 10.5 Å². The second-order valence-electron chi connectivity index (χ2n) is 5.99. The first kappa shape index (κ1) is 17.6. The summed E-state index contributed by atoms with van der Waals surface area (Å²) in [7, 11) is 1.56. The molecule has 2 aromatic rings.